The molecule has 8 aromatic rings. The maximum Gasteiger partial charge on any atom is 0.136 e. The molecule has 232 valence electrons. The summed E-state index contributed by atoms with van der Waals surface area (Å²) in [6.07, 6.45) is 0. The number of ether oxygens (including phenoxy) is 1. The molecule has 0 atom stereocenters. The fourth-order valence-electron chi connectivity index (χ4n) is 6.98. The molecule has 0 bridgehead atoms. The molecule has 0 saturated heterocycles. The first kappa shape index (κ1) is 28.6. The summed E-state index contributed by atoms with van der Waals surface area (Å²) in [5.41, 5.74) is 11.2. The van der Waals surface area contributed by atoms with Crippen LogP contribution in [0.15, 0.2) is 194 Å². The van der Waals surface area contributed by atoms with Gasteiger partial charge in [-0.05, 0) is 102 Å². The van der Waals surface area contributed by atoms with Gasteiger partial charge >= 0.3 is 0 Å². The zero-order valence-electron chi connectivity index (χ0n) is 26.8. The highest BCUT2D eigenvalue weighted by atomic mass is 16.5. The molecule has 0 N–H and O–H groups in total. The van der Waals surface area contributed by atoms with Crippen LogP contribution in [0.25, 0.3) is 33.0 Å². The van der Waals surface area contributed by atoms with E-state index in [4.69, 9.17) is 4.74 Å². The summed E-state index contributed by atoms with van der Waals surface area (Å²) >= 11 is 0. The second-order valence-electron chi connectivity index (χ2n) is 12.2. The van der Waals surface area contributed by atoms with E-state index in [1.165, 1.54) is 5.56 Å². The van der Waals surface area contributed by atoms with Gasteiger partial charge in [-0.1, -0.05) is 109 Å². The summed E-state index contributed by atoms with van der Waals surface area (Å²) in [6.45, 7) is 0. The summed E-state index contributed by atoms with van der Waals surface area (Å²) in [7, 11) is 0. The van der Waals surface area contributed by atoms with Crippen LogP contribution in [-0.4, -0.2) is 0 Å². The van der Waals surface area contributed by atoms with E-state index in [2.05, 4.69) is 204 Å². The molecule has 9 rings (SSSR count). The second kappa shape index (κ2) is 12.2. The zero-order chi connectivity index (χ0) is 32.6. The average Bonchev–Trinajstić information content (AvgIpc) is 3.18. The Hall–Kier alpha value is -6.58. The first-order chi connectivity index (χ1) is 24.3. The Labute approximate surface area is 286 Å². The van der Waals surface area contributed by atoms with E-state index in [-0.39, 0.29) is 0 Å². The molecule has 0 amide bonds. The highest BCUT2D eigenvalue weighted by Crippen LogP contribution is 2.51. The topological polar surface area (TPSA) is 15.7 Å². The minimum atomic E-state index is 0.871. The number of anilines is 6. The van der Waals surface area contributed by atoms with Gasteiger partial charge in [-0.3, -0.25) is 0 Å². The number of rotatable bonds is 7. The molecule has 8 aromatic carbocycles. The van der Waals surface area contributed by atoms with Crippen molar-refractivity contribution in [3.63, 3.8) is 0 Å². The fraction of sp³-hybridized carbons (Fsp3) is 0. The third-order valence-electron chi connectivity index (χ3n) is 9.23. The van der Waals surface area contributed by atoms with Crippen LogP contribution < -0.4 is 14.5 Å². The third kappa shape index (κ3) is 5.18. The lowest BCUT2D eigenvalue weighted by atomic mass is 9.91. The predicted octanol–water partition coefficient (Wildman–Crippen LogP) is 13.2. The first-order valence-electron chi connectivity index (χ1n) is 16.6. The number of hydrogen-bond acceptors (Lipinski definition) is 3. The van der Waals surface area contributed by atoms with Crippen molar-refractivity contribution in [3.05, 3.63) is 194 Å². The van der Waals surface area contributed by atoms with Crippen LogP contribution in [0.1, 0.15) is 0 Å². The number of nitrogens with zero attached hydrogens (tertiary/aromatic N) is 2. The quantitative estimate of drug-likeness (QED) is 0.175. The van der Waals surface area contributed by atoms with Crippen LogP contribution in [0, 0.1) is 0 Å². The van der Waals surface area contributed by atoms with Gasteiger partial charge in [0.15, 0.2) is 0 Å². The third-order valence-corrected chi connectivity index (χ3v) is 9.23. The molecule has 1 heterocycles. The van der Waals surface area contributed by atoms with Gasteiger partial charge in [0.05, 0.1) is 5.69 Å². The summed E-state index contributed by atoms with van der Waals surface area (Å²) in [5, 5.41) is 2.27. The summed E-state index contributed by atoms with van der Waals surface area (Å²) in [6, 6.07) is 68.4. The van der Waals surface area contributed by atoms with E-state index in [1.54, 1.807) is 0 Å². The second-order valence-corrected chi connectivity index (χ2v) is 12.2. The van der Waals surface area contributed by atoms with E-state index in [0.717, 1.165) is 73.1 Å². The van der Waals surface area contributed by atoms with Gasteiger partial charge in [0.1, 0.15) is 11.5 Å². The minimum Gasteiger partial charge on any atom is -0.456 e. The lowest BCUT2D eigenvalue weighted by Crippen LogP contribution is -2.11. The lowest BCUT2D eigenvalue weighted by molar-refractivity contribution is 0.487. The number of fused-ring (bicyclic) bond motifs is 2. The summed E-state index contributed by atoms with van der Waals surface area (Å²) in [4.78, 5) is 4.61. The Balaban J connectivity index is 1.12. The summed E-state index contributed by atoms with van der Waals surface area (Å²) in [5.74, 6) is 1.75. The largest absolute Gasteiger partial charge is 0.456 e. The van der Waals surface area contributed by atoms with E-state index in [0.29, 0.717) is 0 Å². The first-order valence-corrected chi connectivity index (χ1v) is 16.6. The van der Waals surface area contributed by atoms with E-state index in [1.807, 2.05) is 0 Å². The van der Waals surface area contributed by atoms with Gasteiger partial charge < -0.3 is 14.5 Å². The van der Waals surface area contributed by atoms with Crippen molar-refractivity contribution >= 4 is 44.9 Å². The van der Waals surface area contributed by atoms with E-state index >= 15 is 0 Å². The van der Waals surface area contributed by atoms with Crippen molar-refractivity contribution in [2.45, 2.75) is 0 Å². The normalized spacial score (nSPS) is 11.4. The van der Waals surface area contributed by atoms with Gasteiger partial charge in [0.2, 0.25) is 0 Å². The van der Waals surface area contributed by atoms with Crippen LogP contribution in [0.3, 0.4) is 0 Å². The maximum absolute atomic E-state index is 6.61. The lowest BCUT2D eigenvalue weighted by Gasteiger charge is -2.29. The molecule has 1 aliphatic rings. The van der Waals surface area contributed by atoms with Gasteiger partial charge in [0.25, 0.3) is 0 Å². The molecule has 0 fully saturated rings. The average molecular weight is 629 g/mol. The molecule has 0 aliphatic carbocycles. The molecule has 0 radical (unpaired) electrons. The molecule has 0 spiro atoms. The Morgan fingerprint density at radius 3 is 1.39 bits per heavy atom. The molecule has 1 aliphatic heterocycles. The smallest absolute Gasteiger partial charge is 0.136 e. The molecular formula is C46H32N2O. The van der Waals surface area contributed by atoms with Gasteiger partial charge in [-0.25, -0.2) is 0 Å². The van der Waals surface area contributed by atoms with Crippen LogP contribution >= 0.6 is 0 Å². The minimum absolute atomic E-state index is 0.871. The Morgan fingerprint density at radius 2 is 0.816 bits per heavy atom. The Morgan fingerprint density at radius 1 is 0.327 bits per heavy atom. The number of hydrogen-bond donors (Lipinski definition) is 0. The molecule has 3 heteroatoms. The van der Waals surface area contributed by atoms with Gasteiger partial charge in [-0.15, -0.1) is 0 Å². The van der Waals surface area contributed by atoms with Crippen molar-refractivity contribution in [2.24, 2.45) is 0 Å². The molecule has 0 saturated carbocycles. The van der Waals surface area contributed by atoms with Crippen LogP contribution in [-0.2, 0) is 0 Å². The van der Waals surface area contributed by atoms with Crippen LogP contribution in [0.5, 0.6) is 11.5 Å². The monoisotopic (exact) mass is 628 g/mol. The molecular weight excluding hydrogens is 597 g/mol. The fourth-order valence-corrected chi connectivity index (χ4v) is 6.98. The molecule has 49 heavy (non-hydrogen) atoms. The predicted molar refractivity (Wildman–Crippen MR) is 204 cm³/mol. The van der Waals surface area contributed by atoms with Gasteiger partial charge in [0, 0.05) is 44.8 Å². The molecule has 3 nitrogen and oxygen atoms in total. The van der Waals surface area contributed by atoms with Gasteiger partial charge in [-0.2, -0.15) is 0 Å². The number of benzene rings is 8. The Bertz CT molecular complexity index is 2310. The maximum atomic E-state index is 6.61. The molecule has 0 unspecified atom stereocenters. The van der Waals surface area contributed by atoms with Crippen molar-refractivity contribution in [2.75, 3.05) is 9.80 Å². The van der Waals surface area contributed by atoms with E-state index < -0.39 is 0 Å². The van der Waals surface area contributed by atoms with Crippen LogP contribution in [0.2, 0.25) is 0 Å². The standard InChI is InChI=1S/C46H32N2O/c1-5-14-35(15-6-1)47(36-16-7-2-8-17-36)39-27-24-33(25-28-39)34-26-30-44-42(32-34)40-22-13-23-41-43(29-31-45(49-44)46(40)41)48(37-18-9-3-10-19-37)38-20-11-4-12-21-38/h1-32H. The molecule has 0 aromatic heterocycles. The zero-order valence-corrected chi connectivity index (χ0v) is 26.8. The van der Waals surface area contributed by atoms with E-state index in [9.17, 15) is 0 Å². The SMILES string of the molecule is c1ccc(N(c2ccccc2)c2ccc(-c3ccc4c(c3)-c3cccc5c(N(c6ccccc6)c6ccccc6)ccc(c35)O4)cc2)cc1. The van der Waals surface area contributed by atoms with Crippen molar-refractivity contribution < 1.29 is 4.74 Å². The highest BCUT2D eigenvalue weighted by Gasteiger charge is 2.24. The van der Waals surface area contributed by atoms with Crippen LogP contribution in [0.4, 0.5) is 34.1 Å². The highest BCUT2D eigenvalue weighted by molar-refractivity contribution is 6.11. The van der Waals surface area contributed by atoms with Crippen molar-refractivity contribution in [3.8, 4) is 33.8 Å². The summed E-state index contributed by atoms with van der Waals surface area (Å²) < 4.78 is 6.61. The van der Waals surface area contributed by atoms with Crippen molar-refractivity contribution in [1.82, 2.24) is 0 Å². The number of para-hydroxylation sites is 4. The van der Waals surface area contributed by atoms with Crippen molar-refractivity contribution in [1.29, 1.82) is 0 Å². The Kier molecular flexibility index (Phi) is 7.14.